The van der Waals surface area contributed by atoms with E-state index < -0.39 is 0 Å². The van der Waals surface area contributed by atoms with E-state index in [1.807, 2.05) is 0 Å². The van der Waals surface area contributed by atoms with Gasteiger partial charge in [0.2, 0.25) is 11.8 Å². The van der Waals surface area contributed by atoms with Gasteiger partial charge < -0.3 is 16.4 Å². The largest absolute Gasteiger partial charge is 0.356 e. The lowest BCUT2D eigenvalue weighted by molar-refractivity contribution is -0.121. The van der Waals surface area contributed by atoms with Crippen LogP contribution in [0.3, 0.4) is 0 Å². The fourth-order valence-corrected chi connectivity index (χ4v) is 1.83. The highest BCUT2D eigenvalue weighted by Gasteiger charge is 2.00. The summed E-state index contributed by atoms with van der Waals surface area (Å²) in [4.78, 5) is 22.4. The van der Waals surface area contributed by atoms with Gasteiger partial charge in [0.1, 0.15) is 0 Å². The number of carbonyl (C=O) groups is 2. The van der Waals surface area contributed by atoms with Crippen molar-refractivity contribution in [3.63, 3.8) is 0 Å². The Morgan fingerprint density at radius 1 is 0.900 bits per heavy atom. The summed E-state index contributed by atoms with van der Waals surface area (Å²) in [5.74, 6) is -0.0760. The first-order valence-electron chi connectivity index (χ1n) is 7.57. The van der Waals surface area contributed by atoms with Gasteiger partial charge in [-0.2, -0.15) is 0 Å². The van der Waals surface area contributed by atoms with Crippen molar-refractivity contribution in [2.75, 3.05) is 19.6 Å². The summed E-state index contributed by atoms with van der Waals surface area (Å²) in [6.45, 7) is 5.30. The maximum atomic E-state index is 11.5. The minimum atomic E-state index is -0.175. The zero-order chi connectivity index (χ0) is 15.1. The SMILES string of the molecule is C=CC(=O)NCCCNC(=O)CCCCCCCCN. The van der Waals surface area contributed by atoms with Crippen LogP contribution in [0.4, 0.5) is 0 Å². The second-order valence-electron chi connectivity index (χ2n) is 4.86. The van der Waals surface area contributed by atoms with Crippen molar-refractivity contribution in [1.82, 2.24) is 10.6 Å². The number of nitrogens with two attached hydrogens (primary N) is 1. The molecule has 0 radical (unpaired) electrons. The second kappa shape index (κ2) is 14.1. The highest BCUT2D eigenvalue weighted by Crippen LogP contribution is 2.06. The molecule has 0 saturated carbocycles. The highest BCUT2D eigenvalue weighted by molar-refractivity contribution is 5.86. The fraction of sp³-hybridized carbons (Fsp3) is 0.733. The first kappa shape index (κ1) is 18.6. The first-order valence-corrected chi connectivity index (χ1v) is 7.57. The van der Waals surface area contributed by atoms with Gasteiger partial charge in [-0.3, -0.25) is 9.59 Å². The molecule has 0 saturated heterocycles. The summed E-state index contributed by atoms with van der Waals surface area (Å²) < 4.78 is 0. The molecule has 0 bridgehead atoms. The number of nitrogens with one attached hydrogen (secondary N) is 2. The molecule has 0 aliphatic carbocycles. The van der Waals surface area contributed by atoms with Gasteiger partial charge in [0.25, 0.3) is 0 Å². The molecule has 0 atom stereocenters. The number of rotatable bonds is 13. The minimum Gasteiger partial charge on any atom is -0.356 e. The third-order valence-corrected chi connectivity index (χ3v) is 3.02. The molecule has 0 aliphatic heterocycles. The smallest absolute Gasteiger partial charge is 0.243 e. The lowest BCUT2D eigenvalue weighted by Gasteiger charge is -2.06. The van der Waals surface area contributed by atoms with E-state index in [-0.39, 0.29) is 11.8 Å². The van der Waals surface area contributed by atoms with Crippen LogP contribution in [-0.4, -0.2) is 31.4 Å². The molecule has 116 valence electrons. The van der Waals surface area contributed by atoms with Crippen LogP contribution in [0.1, 0.15) is 51.4 Å². The van der Waals surface area contributed by atoms with Crippen LogP contribution in [0.15, 0.2) is 12.7 Å². The van der Waals surface area contributed by atoms with Crippen molar-refractivity contribution in [3.05, 3.63) is 12.7 Å². The van der Waals surface area contributed by atoms with Gasteiger partial charge >= 0.3 is 0 Å². The first-order chi connectivity index (χ1) is 9.70. The molecule has 0 unspecified atom stereocenters. The molecule has 5 nitrogen and oxygen atoms in total. The molecule has 4 N–H and O–H groups in total. The molecular formula is C15H29N3O2. The van der Waals surface area contributed by atoms with Crippen LogP contribution < -0.4 is 16.4 Å². The van der Waals surface area contributed by atoms with Gasteiger partial charge in [-0.25, -0.2) is 0 Å². The number of carbonyl (C=O) groups excluding carboxylic acids is 2. The zero-order valence-electron chi connectivity index (χ0n) is 12.5. The normalized spacial score (nSPS) is 10.1. The highest BCUT2D eigenvalue weighted by atomic mass is 16.2. The zero-order valence-corrected chi connectivity index (χ0v) is 12.5. The summed E-state index contributed by atoms with van der Waals surface area (Å²) >= 11 is 0. The van der Waals surface area contributed by atoms with Crippen LogP contribution in [-0.2, 0) is 9.59 Å². The molecule has 0 aliphatic rings. The second-order valence-corrected chi connectivity index (χ2v) is 4.86. The van der Waals surface area contributed by atoms with E-state index >= 15 is 0 Å². The van der Waals surface area contributed by atoms with Gasteiger partial charge in [-0.1, -0.05) is 32.3 Å². The van der Waals surface area contributed by atoms with Crippen LogP contribution >= 0.6 is 0 Å². The molecule has 20 heavy (non-hydrogen) atoms. The fourth-order valence-electron chi connectivity index (χ4n) is 1.83. The number of unbranched alkanes of at least 4 members (excludes halogenated alkanes) is 5. The van der Waals surface area contributed by atoms with E-state index in [0.29, 0.717) is 19.5 Å². The van der Waals surface area contributed by atoms with Gasteiger partial charge in [0.05, 0.1) is 0 Å². The van der Waals surface area contributed by atoms with Gasteiger partial charge in [-0.15, -0.1) is 0 Å². The van der Waals surface area contributed by atoms with E-state index in [0.717, 1.165) is 32.2 Å². The summed E-state index contributed by atoms with van der Waals surface area (Å²) in [6.07, 6.45) is 9.31. The minimum absolute atomic E-state index is 0.0991. The van der Waals surface area contributed by atoms with Gasteiger partial charge in [-0.05, 0) is 31.9 Å². The number of hydrogen-bond donors (Lipinski definition) is 3. The van der Waals surface area contributed by atoms with E-state index in [9.17, 15) is 9.59 Å². The molecule has 0 heterocycles. The third-order valence-electron chi connectivity index (χ3n) is 3.02. The molecule has 0 aromatic carbocycles. The average molecular weight is 283 g/mol. The Morgan fingerprint density at radius 2 is 1.50 bits per heavy atom. The molecule has 0 fully saturated rings. The van der Waals surface area contributed by atoms with Gasteiger partial charge in [0, 0.05) is 19.5 Å². The van der Waals surface area contributed by atoms with Crippen LogP contribution in [0.2, 0.25) is 0 Å². The van der Waals surface area contributed by atoms with Crippen molar-refractivity contribution in [3.8, 4) is 0 Å². The number of hydrogen-bond acceptors (Lipinski definition) is 3. The van der Waals surface area contributed by atoms with E-state index in [2.05, 4.69) is 17.2 Å². The standard InChI is InChI=1S/C15H29N3O2/c1-2-14(19)17-12-9-13-18-15(20)10-7-5-3-4-6-8-11-16/h2H,1,3-13,16H2,(H,17,19)(H,18,20). The molecule has 0 spiro atoms. The Hall–Kier alpha value is -1.36. The van der Waals surface area contributed by atoms with E-state index in [1.54, 1.807) is 0 Å². The van der Waals surface area contributed by atoms with Crippen molar-refractivity contribution in [2.24, 2.45) is 5.73 Å². The summed E-state index contributed by atoms with van der Waals surface area (Å²) in [7, 11) is 0. The summed E-state index contributed by atoms with van der Waals surface area (Å²) in [5, 5.41) is 5.52. The quantitative estimate of drug-likeness (QED) is 0.353. The van der Waals surface area contributed by atoms with E-state index in [1.165, 1.54) is 25.3 Å². The average Bonchev–Trinajstić information content (AvgIpc) is 2.45. The van der Waals surface area contributed by atoms with Crippen molar-refractivity contribution in [2.45, 2.75) is 51.4 Å². The van der Waals surface area contributed by atoms with Crippen LogP contribution in [0, 0.1) is 0 Å². The van der Waals surface area contributed by atoms with Crippen molar-refractivity contribution >= 4 is 11.8 Å². The predicted octanol–water partition coefficient (Wildman–Crippen LogP) is 1.48. The molecule has 0 rings (SSSR count). The van der Waals surface area contributed by atoms with Crippen molar-refractivity contribution in [1.29, 1.82) is 0 Å². The Morgan fingerprint density at radius 3 is 2.15 bits per heavy atom. The molecule has 2 amide bonds. The monoisotopic (exact) mass is 283 g/mol. The number of amides is 2. The predicted molar refractivity (Wildman–Crippen MR) is 82.2 cm³/mol. The lowest BCUT2D eigenvalue weighted by atomic mass is 10.1. The third kappa shape index (κ3) is 13.1. The topological polar surface area (TPSA) is 84.2 Å². The maximum absolute atomic E-state index is 11.5. The lowest BCUT2D eigenvalue weighted by Crippen LogP contribution is -2.28. The Bertz CT molecular complexity index is 280. The maximum Gasteiger partial charge on any atom is 0.243 e. The van der Waals surface area contributed by atoms with Gasteiger partial charge in [0.15, 0.2) is 0 Å². The summed E-state index contributed by atoms with van der Waals surface area (Å²) in [6, 6.07) is 0. The van der Waals surface area contributed by atoms with E-state index in [4.69, 9.17) is 5.73 Å². The van der Waals surface area contributed by atoms with Crippen molar-refractivity contribution < 1.29 is 9.59 Å². The molecule has 0 aromatic heterocycles. The molecule has 0 aromatic rings. The Balaban J connectivity index is 3.24. The Labute approximate surface area is 122 Å². The van der Waals surface area contributed by atoms with Crippen LogP contribution in [0.25, 0.3) is 0 Å². The summed E-state index contributed by atoms with van der Waals surface area (Å²) in [5.41, 5.74) is 5.42. The Kier molecular flexibility index (Phi) is 13.1. The molecular weight excluding hydrogens is 254 g/mol. The molecule has 5 heteroatoms. The van der Waals surface area contributed by atoms with Crippen LogP contribution in [0.5, 0.6) is 0 Å².